The first kappa shape index (κ1) is 14.0. The van der Waals surface area contributed by atoms with Crippen molar-refractivity contribution in [1.82, 2.24) is 15.3 Å². The van der Waals surface area contributed by atoms with E-state index >= 15 is 0 Å². The number of benzene rings is 1. The number of fused-ring (bicyclic) bond motifs is 1. The average Bonchev–Trinajstić information content (AvgIpc) is 2.55. The van der Waals surface area contributed by atoms with Crippen LogP contribution in [0, 0.1) is 0 Å². The molecule has 3 rings (SSSR count). The third-order valence-corrected chi connectivity index (χ3v) is 3.33. The molecule has 0 atom stereocenters. The molecule has 0 fully saturated rings. The fourth-order valence-electron chi connectivity index (χ4n) is 2.34. The van der Waals surface area contributed by atoms with E-state index in [2.05, 4.69) is 20.6 Å². The van der Waals surface area contributed by atoms with E-state index in [0.717, 1.165) is 21.9 Å². The Morgan fingerprint density at radius 1 is 1.18 bits per heavy atom. The molecule has 0 spiro atoms. The first-order valence-corrected chi connectivity index (χ1v) is 7.12. The zero-order valence-electron chi connectivity index (χ0n) is 12.2. The lowest BCUT2D eigenvalue weighted by Gasteiger charge is -2.09. The van der Waals surface area contributed by atoms with Crippen molar-refractivity contribution in [2.45, 2.75) is 6.92 Å². The number of nitrogens with zero attached hydrogens (tertiary/aromatic N) is 2. The summed E-state index contributed by atoms with van der Waals surface area (Å²) in [5.74, 6) is 0.528. The molecule has 0 aliphatic rings. The van der Waals surface area contributed by atoms with Crippen LogP contribution in [0.3, 0.4) is 0 Å². The molecule has 0 aliphatic carbocycles. The number of hydrogen-bond acceptors (Lipinski definition) is 3. The summed E-state index contributed by atoms with van der Waals surface area (Å²) in [7, 11) is 0. The second-order valence-corrected chi connectivity index (χ2v) is 4.82. The molecule has 2 aromatic heterocycles. The van der Waals surface area contributed by atoms with Gasteiger partial charge in [0.05, 0.1) is 0 Å². The van der Waals surface area contributed by atoms with Crippen LogP contribution in [0.2, 0.25) is 0 Å². The molecule has 0 unspecified atom stereocenters. The lowest BCUT2D eigenvalue weighted by molar-refractivity contribution is 0.252. The molecular formula is C17H16N4O. The van der Waals surface area contributed by atoms with Crippen molar-refractivity contribution in [2.24, 2.45) is 0 Å². The lowest BCUT2D eigenvalue weighted by Crippen LogP contribution is -2.28. The number of carbonyl (C=O) groups is 1. The Kier molecular flexibility index (Phi) is 3.96. The number of rotatable bonds is 3. The van der Waals surface area contributed by atoms with Crippen LogP contribution < -0.4 is 10.6 Å². The van der Waals surface area contributed by atoms with Crippen LogP contribution in [0.1, 0.15) is 6.92 Å². The molecule has 0 bridgehead atoms. The van der Waals surface area contributed by atoms with Crippen molar-refractivity contribution in [1.29, 1.82) is 0 Å². The Hall–Kier alpha value is -2.95. The molecule has 2 amide bonds. The fourth-order valence-corrected chi connectivity index (χ4v) is 2.34. The van der Waals surface area contributed by atoms with Gasteiger partial charge in [0.2, 0.25) is 0 Å². The molecule has 5 nitrogen and oxygen atoms in total. The van der Waals surface area contributed by atoms with Gasteiger partial charge in [0.25, 0.3) is 0 Å². The number of urea groups is 1. The Morgan fingerprint density at radius 2 is 2.00 bits per heavy atom. The number of nitrogens with one attached hydrogen (secondary N) is 2. The highest BCUT2D eigenvalue weighted by atomic mass is 16.2. The van der Waals surface area contributed by atoms with Gasteiger partial charge < -0.3 is 5.32 Å². The van der Waals surface area contributed by atoms with E-state index in [4.69, 9.17) is 0 Å². The highest BCUT2D eigenvalue weighted by molar-refractivity contribution is 5.99. The van der Waals surface area contributed by atoms with Crippen LogP contribution in [-0.4, -0.2) is 22.5 Å². The molecule has 110 valence electrons. The summed E-state index contributed by atoms with van der Waals surface area (Å²) in [4.78, 5) is 20.0. The number of carbonyl (C=O) groups excluding carboxylic acids is 1. The largest absolute Gasteiger partial charge is 0.338 e. The van der Waals surface area contributed by atoms with E-state index < -0.39 is 0 Å². The molecule has 1 aromatic carbocycles. The van der Waals surface area contributed by atoms with Crippen molar-refractivity contribution >= 4 is 22.6 Å². The molecule has 5 heteroatoms. The van der Waals surface area contributed by atoms with Gasteiger partial charge in [0, 0.05) is 30.5 Å². The fraction of sp³-hybridized carbons (Fsp3) is 0.118. The lowest BCUT2D eigenvalue weighted by atomic mass is 10.0. The van der Waals surface area contributed by atoms with Crippen LogP contribution in [-0.2, 0) is 0 Å². The third kappa shape index (κ3) is 2.88. The molecule has 0 aliphatic heterocycles. The van der Waals surface area contributed by atoms with Crippen molar-refractivity contribution in [3.05, 3.63) is 55.0 Å². The van der Waals surface area contributed by atoms with Crippen LogP contribution in [0.5, 0.6) is 0 Å². The number of pyridine rings is 2. The molecule has 2 heterocycles. The molecule has 0 saturated carbocycles. The van der Waals surface area contributed by atoms with Crippen molar-refractivity contribution in [3.8, 4) is 11.1 Å². The first-order chi connectivity index (χ1) is 10.8. The molecular weight excluding hydrogens is 276 g/mol. The summed E-state index contributed by atoms with van der Waals surface area (Å²) in [5.41, 5.74) is 2.16. The predicted molar refractivity (Wildman–Crippen MR) is 87.7 cm³/mol. The van der Waals surface area contributed by atoms with Crippen molar-refractivity contribution < 1.29 is 4.79 Å². The molecule has 0 radical (unpaired) electrons. The smallest absolute Gasteiger partial charge is 0.320 e. The second-order valence-electron chi connectivity index (χ2n) is 4.82. The zero-order valence-corrected chi connectivity index (χ0v) is 12.2. The summed E-state index contributed by atoms with van der Waals surface area (Å²) in [6, 6.07) is 11.6. The van der Waals surface area contributed by atoms with Gasteiger partial charge in [-0.25, -0.2) is 9.78 Å². The van der Waals surface area contributed by atoms with Crippen LogP contribution >= 0.6 is 0 Å². The number of aromatic nitrogens is 2. The van der Waals surface area contributed by atoms with Gasteiger partial charge in [-0.3, -0.25) is 10.3 Å². The van der Waals surface area contributed by atoms with Crippen LogP contribution in [0.4, 0.5) is 10.6 Å². The topological polar surface area (TPSA) is 66.9 Å². The van der Waals surface area contributed by atoms with E-state index in [1.807, 2.05) is 43.3 Å². The van der Waals surface area contributed by atoms with Gasteiger partial charge in [0.1, 0.15) is 5.82 Å². The number of hydrogen-bond donors (Lipinski definition) is 2. The molecule has 0 saturated heterocycles. The maximum Gasteiger partial charge on any atom is 0.320 e. The monoisotopic (exact) mass is 292 g/mol. The minimum absolute atomic E-state index is 0.254. The summed E-state index contributed by atoms with van der Waals surface area (Å²) >= 11 is 0. The molecule has 3 aromatic rings. The van der Waals surface area contributed by atoms with Crippen LogP contribution in [0.25, 0.3) is 21.9 Å². The van der Waals surface area contributed by atoms with Gasteiger partial charge in [-0.1, -0.05) is 18.2 Å². The van der Waals surface area contributed by atoms with E-state index in [1.165, 1.54) is 0 Å². The highest BCUT2D eigenvalue weighted by Gasteiger charge is 2.07. The van der Waals surface area contributed by atoms with E-state index in [9.17, 15) is 4.79 Å². The minimum atomic E-state index is -0.254. The van der Waals surface area contributed by atoms with E-state index in [0.29, 0.717) is 12.4 Å². The quantitative estimate of drug-likeness (QED) is 0.777. The normalized spacial score (nSPS) is 10.4. The van der Waals surface area contributed by atoms with Crippen molar-refractivity contribution in [3.63, 3.8) is 0 Å². The van der Waals surface area contributed by atoms with Crippen molar-refractivity contribution in [2.75, 3.05) is 11.9 Å². The van der Waals surface area contributed by atoms with Gasteiger partial charge in [-0.2, -0.15) is 0 Å². The maximum atomic E-state index is 11.6. The summed E-state index contributed by atoms with van der Waals surface area (Å²) < 4.78 is 0. The van der Waals surface area contributed by atoms with Gasteiger partial charge >= 0.3 is 6.03 Å². The second kappa shape index (κ2) is 6.22. The summed E-state index contributed by atoms with van der Waals surface area (Å²) in [5, 5.41) is 7.49. The minimum Gasteiger partial charge on any atom is -0.338 e. The van der Waals surface area contributed by atoms with Gasteiger partial charge in [-0.05, 0) is 41.6 Å². The van der Waals surface area contributed by atoms with Crippen LogP contribution in [0.15, 0.2) is 55.0 Å². The summed E-state index contributed by atoms with van der Waals surface area (Å²) in [6.45, 7) is 2.44. The van der Waals surface area contributed by atoms with Gasteiger partial charge in [-0.15, -0.1) is 0 Å². The SMILES string of the molecule is CCNC(=O)Nc1cc2c(-c3ccncc3)cccc2cn1. The molecule has 22 heavy (non-hydrogen) atoms. The number of anilines is 1. The Morgan fingerprint density at radius 3 is 2.77 bits per heavy atom. The average molecular weight is 292 g/mol. The predicted octanol–water partition coefficient (Wildman–Crippen LogP) is 3.44. The Bertz CT molecular complexity index is 802. The standard InChI is InChI=1S/C17H16N4O/c1-2-19-17(22)21-16-10-15-13(11-20-16)4-3-5-14(15)12-6-8-18-9-7-12/h3-11H,2H2,1H3,(H2,19,20,21,22). The van der Waals surface area contributed by atoms with E-state index in [-0.39, 0.29) is 6.03 Å². The Balaban J connectivity index is 2.05. The summed E-state index contributed by atoms with van der Waals surface area (Å²) in [6.07, 6.45) is 5.30. The highest BCUT2D eigenvalue weighted by Crippen LogP contribution is 2.29. The zero-order chi connectivity index (χ0) is 15.4. The van der Waals surface area contributed by atoms with E-state index in [1.54, 1.807) is 18.6 Å². The molecule has 2 N–H and O–H groups in total. The Labute approximate surface area is 128 Å². The maximum absolute atomic E-state index is 11.6. The van der Waals surface area contributed by atoms with Gasteiger partial charge in [0.15, 0.2) is 0 Å². The number of amides is 2. The third-order valence-electron chi connectivity index (χ3n) is 3.33. The first-order valence-electron chi connectivity index (χ1n) is 7.12.